The summed E-state index contributed by atoms with van der Waals surface area (Å²) in [4.78, 5) is 8.23. The molecule has 1 N–H and O–H groups in total. The molecule has 2 fully saturated rings. The van der Waals surface area contributed by atoms with Crippen molar-refractivity contribution in [3.05, 3.63) is 47.4 Å². The number of hydrogen-bond acceptors (Lipinski definition) is 4. The van der Waals surface area contributed by atoms with Crippen molar-refractivity contribution in [2.24, 2.45) is 0 Å². The Morgan fingerprint density at radius 3 is 2.56 bits per heavy atom. The van der Waals surface area contributed by atoms with Crippen molar-refractivity contribution >= 4 is 22.5 Å². The van der Waals surface area contributed by atoms with Crippen LogP contribution in [0.2, 0.25) is 0 Å². The normalized spacial score (nSPS) is 18.5. The largest absolute Gasteiger partial charge is 0.350 e. The first-order valence-electron chi connectivity index (χ1n) is 8.95. The monoisotopic (exact) mass is 373 g/mol. The number of H-pyrrole nitrogens is 1. The Morgan fingerprint density at radius 1 is 1.04 bits per heavy atom. The molecule has 1 aliphatic carbocycles. The summed E-state index contributed by atoms with van der Waals surface area (Å²) in [6.45, 7) is 3.44. The van der Waals surface area contributed by atoms with Gasteiger partial charge in [0.2, 0.25) is 0 Å². The Kier molecular flexibility index (Phi) is 3.41. The molecular weight excluding hydrogens is 355 g/mol. The van der Waals surface area contributed by atoms with Crippen molar-refractivity contribution in [1.82, 2.24) is 15.2 Å². The number of aromatic amines is 1. The number of rotatable bonds is 2. The molecule has 0 bridgehead atoms. The van der Waals surface area contributed by atoms with Gasteiger partial charge < -0.3 is 9.80 Å². The zero-order valence-corrected chi connectivity index (χ0v) is 14.8. The number of piperazine rings is 1. The van der Waals surface area contributed by atoms with E-state index < -0.39 is 11.6 Å². The standard InChI is InChI=1S/C19H18F3N5/c1-11-8-14(22)17(23-9-11)26-6-7-27(19(10-26)4-5-19)18-15-12(20)2-3-13(21)16(15)24-25-18/h2-3,8-9H,4-7,10H2,1H3,(H,24,25). The number of aromatic nitrogens is 3. The average Bonchev–Trinajstić information content (AvgIpc) is 3.24. The van der Waals surface area contributed by atoms with E-state index in [1.165, 1.54) is 6.07 Å². The maximum absolute atomic E-state index is 14.4. The number of nitrogens with one attached hydrogen (secondary N) is 1. The molecule has 5 nitrogen and oxygen atoms in total. The highest BCUT2D eigenvalue weighted by Gasteiger charge is 2.53. The van der Waals surface area contributed by atoms with E-state index >= 15 is 0 Å². The van der Waals surface area contributed by atoms with Crippen molar-refractivity contribution in [1.29, 1.82) is 0 Å². The van der Waals surface area contributed by atoms with Crippen LogP contribution in [0.15, 0.2) is 24.4 Å². The van der Waals surface area contributed by atoms with Crippen LogP contribution in [0.5, 0.6) is 0 Å². The fourth-order valence-corrected chi connectivity index (χ4v) is 4.06. The van der Waals surface area contributed by atoms with Gasteiger partial charge in [0.25, 0.3) is 0 Å². The molecule has 2 aromatic heterocycles. The fourth-order valence-electron chi connectivity index (χ4n) is 4.06. The number of fused-ring (bicyclic) bond motifs is 1. The lowest BCUT2D eigenvalue weighted by atomic mass is 10.1. The van der Waals surface area contributed by atoms with E-state index in [-0.39, 0.29) is 22.3 Å². The fraction of sp³-hybridized carbons (Fsp3) is 0.368. The number of hydrogen-bond donors (Lipinski definition) is 1. The van der Waals surface area contributed by atoms with Gasteiger partial charge in [-0.2, -0.15) is 5.10 Å². The van der Waals surface area contributed by atoms with E-state index in [0.29, 0.717) is 31.3 Å². The van der Waals surface area contributed by atoms with Crippen molar-refractivity contribution in [2.75, 3.05) is 29.4 Å². The van der Waals surface area contributed by atoms with Crippen LogP contribution in [0.3, 0.4) is 0 Å². The lowest BCUT2D eigenvalue weighted by molar-refractivity contribution is 0.493. The molecule has 3 aromatic rings. The number of benzene rings is 1. The zero-order chi connectivity index (χ0) is 18.8. The summed E-state index contributed by atoms with van der Waals surface area (Å²) in [5, 5.41) is 7.02. The number of halogens is 3. The van der Waals surface area contributed by atoms with Crippen molar-refractivity contribution in [3.8, 4) is 0 Å². The molecule has 1 aliphatic heterocycles. The molecule has 1 spiro atoms. The minimum Gasteiger partial charge on any atom is -0.350 e. The summed E-state index contributed by atoms with van der Waals surface area (Å²) in [6, 6.07) is 3.70. The first-order chi connectivity index (χ1) is 13.0. The molecule has 5 rings (SSSR count). The molecule has 140 valence electrons. The molecule has 1 saturated heterocycles. The SMILES string of the molecule is Cc1cnc(N2CCN(c3n[nH]c4c(F)ccc(F)c34)C3(CC3)C2)c(F)c1. The van der Waals surface area contributed by atoms with Gasteiger partial charge in [-0.25, -0.2) is 18.2 Å². The highest BCUT2D eigenvalue weighted by Crippen LogP contribution is 2.48. The van der Waals surface area contributed by atoms with Gasteiger partial charge in [0.05, 0.1) is 10.9 Å². The van der Waals surface area contributed by atoms with Crippen LogP contribution in [0.4, 0.5) is 24.8 Å². The number of anilines is 2. The van der Waals surface area contributed by atoms with Crippen LogP contribution in [-0.4, -0.2) is 40.4 Å². The lowest BCUT2D eigenvalue weighted by Gasteiger charge is -2.43. The molecule has 27 heavy (non-hydrogen) atoms. The molecule has 1 aromatic carbocycles. The molecule has 3 heterocycles. The number of aryl methyl sites for hydroxylation is 1. The Labute approximate surface area is 153 Å². The molecule has 0 radical (unpaired) electrons. The first kappa shape index (κ1) is 16.4. The van der Waals surface area contributed by atoms with Crippen LogP contribution in [-0.2, 0) is 0 Å². The van der Waals surface area contributed by atoms with Crippen molar-refractivity contribution in [2.45, 2.75) is 25.3 Å². The average molecular weight is 373 g/mol. The topological polar surface area (TPSA) is 48.1 Å². The van der Waals surface area contributed by atoms with Crippen LogP contribution >= 0.6 is 0 Å². The third-order valence-corrected chi connectivity index (χ3v) is 5.59. The van der Waals surface area contributed by atoms with Gasteiger partial charge >= 0.3 is 0 Å². The minimum atomic E-state index is -0.528. The predicted molar refractivity (Wildman–Crippen MR) is 96.5 cm³/mol. The third-order valence-electron chi connectivity index (χ3n) is 5.59. The highest BCUT2D eigenvalue weighted by molar-refractivity contribution is 5.91. The van der Waals surface area contributed by atoms with E-state index in [2.05, 4.69) is 15.2 Å². The summed E-state index contributed by atoms with van der Waals surface area (Å²) in [6.07, 6.45) is 3.44. The maximum Gasteiger partial charge on any atom is 0.165 e. The van der Waals surface area contributed by atoms with Gasteiger partial charge in [-0.15, -0.1) is 0 Å². The van der Waals surface area contributed by atoms with Crippen LogP contribution in [0, 0.1) is 24.4 Å². The summed E-state index contributed by atoms with van der Waals surface area (Å²) in [7, 11) is 0. The van der Waals surface area contributed by atoms with E-state index in [9.17, 15) is 13.2 Å². The Bertz CT molecular complexity index is 1040. The van der Waals surface area contributed by atoms with Gasteiger partial charge in [0.15, 0.2) is 17.5 Å². The highest BCUT2D eigenvalue weighted by atomic mass is 19.1. The molecule has 0 unspecified atom stereocenters. The molecule has 1 saturated carbocycles. The minimum absolute atomic E-state index is 0.0782. The summed E-state index contributed by atoms with van der Waals surface area (Å²) in [5.74, 6) is -0.594. The Balaban J connectivity index is 1.50. The van der Waals surface area contributed by atoms with Gasteiger partial charge in [0.1, 0.15) is 17.2 Å². The smallest absolute Gasteiger partial charge is 0.165 e. The molecule has 2 aliphatic rings. The lowest BCUT2D eigenvalue weighted by Crippen LogP contribution is -2.56. The second-order valence-electron chi connectivity index (χ2n) is 7.44. The van der Waals surface area contributed by atoms with E-state index in [1.807, 2.05) is 9.80 Å². The summed E-state index contributed by atoms with van der Waals surface area (Å²) < 4.78 is 42.8. The van der Waals surface area contributed by atoms with Crippen LogP contribution in [0.25, 0.3) is 10.9 Å². The van der Waals surface area contributed by atoms with E-state index in [4.69, 9.17) is 0 Å². The number of pyridine rings is 1. The predicted octanol–water partition coefficient (Wildman–Crippen LogP) is 3.54. The molecule has 0 amide bonds. The van der Waals surface area contributed by atoms with Crippen LogP contribution in [0.1, 0.15) is 18.4 Å². The maximum atomic E-state index is 14.4. The van der Waals surface area contributed by atoms with E-state index in [0.717, 1.165) is 30.5 Å². The van der Waals surface area contributed by atoms with Gasteiger partial charge in [-0.1, -0.05) is 0 Å². The molecule has 8 heteroatoms. The second-order valence-corrected chi connectivity index (χ2v) is 7.44. The quantitative estimate of drug-likeness (QED) is 0.747. The summed E-state index contributed by atoms with van der Waals surface area (Å²) >= 11 is 0. The van der Waals surface area contributed by atoms with Crippen molar-refractivity contribution in [3.63, 3.8) is 0 Å². The first-order valence-corrected chi connectivity index (χ1v) is 8.95. The van der Waals surface area contributed by atoms with Crippen molar-refractivity contribution < 1.29 is 13.2 Å². The molecular formula is C19H18F3N5. The van der Waals surface area contributed by atoms with Gasteiger partial charge in [-0.05, 0) is 43.5 Å². The Morgan fingerprint density at radius 2 is 1.81 bits per heavy atom. The zero-order valence-electron chi connectivity index (χ0n) is 14.8. The van der Waals surface area contributed by atoms with E-state index in [1.54, 1.807) is 13.1 Å². The van der Waals surface area contributed by atoms with Crippen LogP contribution < -0.4 is 9.80 Å². The van der Waals surface area contributed by atoms with Gasteiger partial charge in [-0.3, -0.25) is 5.10 Å². The molecule has 0 atom stereocenters. The summed E-state index contributed by atoms with van der Waals surface area (Å²) in [5.41, 5.74) is 0.601. The second kappa shape index (κ2) is 5.61. The third kappa shape index (κ3) is 2.46. The number of nitrogens with zero attached hydrogens (tertiary/aromatic N) is 4. The van der Waals surface area contributed by atoms with Gasteiger partial charge in [0, 0.05) is 25.8 Å². The Hall–Kier alpha value is -2.77.